The van der Waals surface area contributed by atoms with E-state index in [-0.39, 0.29) is 12.6 Å². The van der Waals surface area contributed by atoms with E-state index in [1.54, 1.807) is 26.2 Å². The quantitative estimate of drug-likeness (QED) is 0.646. The lowest BCUT2D eigenvalue weighted by Crippen LogP contribution is -2.45. The lowest BCUT2D eigenvalue weighted by molar-refractivity contribution is -0.140. The maximum atomic E-state index is 12.9. The standard InChI is InChI=1S/C23H26N2O5/c1-4-13-29-19-11-7-17(8-12-19)21-20(15(2)24-23(27)25-21)22(26)30-14-16-5-9-18(28-3)10-6-16/h5-12,21H,4,13-14H2,1-3H3,(H2,24,25,27)/t21-/m1/s1. The van der Waals surface area contributed by atoms with Crippen LogP contribution in [0.4, 0.5) is 4.79 Å². The van der Waals surface area contributed by atoms with E-state index in [2.05, 4.69) is 10.6 Å². The average Bonchev–Trinajstić information content (AvgIpc) is 2.76. The number of urea groups is 1. The minimum Gasteiger partial charge on any atom is -0.497 e. The summed E-state index contributed by atoms with van der Waals surface area (Å²) in [5.74, 6) is 0.978. The van der Waals surface area contributed by atoms with Crippen LogP contribution < -0.4 is 20.1 Å². The second kappa shape index (κ2) is 9.82. The van der Waals surface area contributed by atoms with Gasteiger partial charge in [0.2, 0.25) is 0 Å². The molecule has 3 rings (SSSR count). The summed E-state index contributed by atoms with van der Waals surface area (Å²) in [5, 5.41) is 5.45. The van der Waals surface area contributed by atoms with Crippen molar-refractivity contribution in [1.29, 1.82) is 0 Å². The largest absolute Gasteiger partial charge is 0.497 e. The monoisotopic (exact) mass is 410 g/mol. The minimum absolute atomic E-state index is 0.115. The smallest absolute Gasteiger partial charge is 0.338 e. The summed E-state index contributed by atoms with van der Waals surface area (Å²) in [7, 11) is 1.59. The molecule has 7 heteroatoms. The highest BCUT2D eigenvalue weighted by atomic mass is 16.5. The van der Waals surface area contributed by atoms with E-state index in [0.717, 1.165) is 29.0 Å². The summed E-state index contributed by atoms with van der Waals surface area (Å²) in [5.41, 5.74) is 2.44. The van der Waals surface area contributed by atoms with Crippen LogP contribution in [0, 0.1) is 0 Å². The number of hydrogen-bond donors (Lipinski definition) is 2. The molecule has 1 atom stereocenters. The molecule has 2 amide bonds. The third-order valence-corrected chi connectivity index (χ3v) is 4.70. The normalized spacial score (nSPS) is 15.8. The van der Waals surface area contributed by atoms with Crippen molar-refractivity contribution in [2.45, 2.75) is 32.9 Å². The number of methoxy groups -OCH3 is 1. The molecule has 0 aromatic heterocycles. The van der Waals surface area contributed by atoms with Crippen molar-refractivity contribution in [3.05, 3.63) is 70.9 Å². The Kier molecular flexibility index (Phi) is 6.95. The zero-order chi connectivity index (χ0) is 21.5. The summed E-state index contributed by atoms with van der Waals surface area (Å²) in [6, 6.07) is 13.6. The molecular weight excluding hydrogens is 384 g/mol. The van der Waals surface area contributed by atoms with Gasteiger partial charge in [0.15, 0.2) is 0 Å². The summed E-state index contributed by atoms with van der Waals surface area (Å²) < 4.78 is 16.3. The van der Waals surface area contributed by atoms with Crippen molar-refractivity contribution in [3.8, 4) is 11.5 Å². The molecule has 2 aromatic carbocycles. The van der Waals surface area contributed by atoms with Crippen molar-refractivity contribution in [1.82, 2.24) is 10.6 Å². The van der Waals surface area contributed by atoms with Gasteiger partial charge in [-0.15, -0.1) is 0 Å². The summed E-state index contributed by atoms with van der Waals surface area (Å²) in [6.07, 6.45) is 0.915. The zero-order valence-corrected chi connectivity index (χ0v) is 17.4. The number of esters is 1. The Morgan fingerprint density at radius 3 is 2.33 bits per heavy atom. The van der Waals surface area contributed by atoms with E-state index in [0.29, 0.717) is 17.9 Å². The van der Waals surface area contributed by atoms with E-state index in [4.69, 9.17) is 14.2 Å². The Balaban J connectivity index is 1.76. The molecule has 0 bridgehead atoms. The fourth-order valence-corrected chi connectivity index (χ4v) is 3.14. The SMILES string of the molecule is CCCOc1ccc([C@H]2NC(=O)NC(C)=C2C(=O)OCc2ccc(OC)cc2)cc1. The Labute approximate surface area is 176 Å². The number of ether oxygens (including phenoxy) is 3. The Morgan fingerprint density at radius 2 is 1.70 bits per heavy atom. The van der Waals surface area contributed by atoms with Crippen LogP contribution in [0.2, 0.25) is 0 Å². The highest BCUT2D eigenvalue weighted by Crippen LogP contribution is 2.29. The lowest BCUT2D eigenvalue weighted by Gasteiger charge is -2.28. The summed E-state index contributed by atoms with van der Waals surface area (Å²) in [4.78, 5) is 24.9. The van der Waals surface area contributed by atoms with Gasteiger partial charge in [0.1, 0.15) is 18.1 Å². The first kappa shape index (κ1) is 21.2. The maximum absolute atomic E-state index is 12.9. The maximum Gasteiger partial charge on any atom is 0.338 e. The number of carbonyl (C=O) groups is 2. The van der Waals surface area contributed by atoms with Crippen LogP contribution in [0.5, 0.6) is 11.5 Å². The molecular formula is C23H26N2O5. The Bertz CT molecular complexity index is 920. The first-order valence-electron chi connectivity index (χ1n) is 9.83. The molecule has 0 radical (unpaired) electrons. The fraction of sp³-hybridized carbons (Fsp3) is 0.304. The predicted molar refractivity (Wildman–Crippen MR) is 112 cm³/mol. The van der Waals surface area contributed by atoms with E-state index in [9.17, 15) is 9.59 Å². The van der Waals surface area contributed by atoms with Gasteiger partial charge >= 0.3 is 12.0 Å². The fourth-order valence-electron chi connectivity index (χ4n) is 3.14. The van der Waals surface area contributed by atoms with E-state index >= 15 is 0 Å². The Hall–Kier alpha value is -3.48. The third kappa shape index (κ3) is 5.11. The molecule has 1 aliphatic heterocycles. The first-order valence-corrected chi connectivity index (χ1v) is 9.83. The van der Waals surface area contributed by atoms with Crippen molar-refractivity contribution in [2.24, 2.45) is 0 Å². The highest BCUT2D eigenvalue weighted by Gasteiger charge is 2.32. The first-order chi connectivity index (χ1) is 14.5. The van der Waals surface area contributed by atoms with Crippen molar-refractivity contribution >= 4 is 12.0 Å². The van der Waals surface area contributed by atoms with Gasteiger partial charge in [-0.3, -0.25) is 0 Å². The van der Waals surface area contributed by atoms with Crippen LogP contribution in [-0.2, 0) is 16.1 Å². The van der Waals surface area contributed by atoms with Crippen molar-refractivity contribution < 1.29 is 23.8 Å². The number of benzene rings is 2. The second-order valence-electron chi connectivity index (χ2n) is 6.91. The van der Waals surface area contributed by atoms with Gasteiger partial charge in [-0.05, 0) is 48.7 Å². The van der Waals surface area contributed by atoms with Crippen molar-refractivity contribution in [3.63, 3.8) is 0 Å². The summed E-state index contributed by atoms with van der Waals surface area (Å²) >= 11 is 0. The molecule has 158 valence electrons. The van der Waals surface area contributed by atoms with E-state index in [1.165, 1.54) is 0 Å². The molecule has 0 unspecified atom stereocenters. The van der Waals surface area contributed by atoms with Crippen LogP contribution in [0.1, 0.15) is 37.4 Å². The van der Waals surface area contributed by atoms with E-state index < -0.39 is 12.0 Å². The molecule has 1 heterocycles. The zero-order valence-electron chi connectivity index (χ0n) is 17.4. The predicted octanol–water partition coefficient (Wildman–Crippen LogP) is 3.86. The molecule has 0 saturated heterocycles. The van der Waals surface area contributed by atoms with Crippen LogP contribution in [0.3, 0.4) is 0 Å². The van der Waals surface area contributed by atoms with E-state index in [1.807, 2.05) is 43.3 Å². The molecule has 2 aromatic rings. The van der Waals surface area contributed by atoms with Crippen LogP contribution in [-0.4, -0.2) is 25.7 Å². The van der Waals surface area contributed by atoms with Gasteiger partial charge in [0.25, 0.3) is 0 Å². The van der Waals surface area contributed by atoms with Crippen LogP contribution in [0.15, 0.2) is 59.8 Å². The molecule has 1 aliphatic rings. The highest BCUT2D eigenvalue weighted by molar-refractivity contribution is 5.95. The minimum atomic E-state index is -0.609. The Morgan fingerprint density at radius 1 is 1.03 bits per heavy atom. The molecule has 0 fully saturated rings. The van der Waals surface area contributed by atoms with Gasteiger partial charge in [0.05, 0.1) is 25.3 Å². The van der Waals surface area contributed by atoms with Gasteiger partial charge in [-0.1, -0.05) is 31.2 Å². The number of nitrogens with one attached hydrogen (secondary N) is 2. The topological polar surface area (TPSA) is 85.9 Å². The molecule has 0 saturated carbocycles. The number of carbonyl (C=O) groups excluding carboxylic acids is 2. The number of hydrogen-bond acceptors (Lipinski definition) is 5. The molecule has 7 nitrogen and oxygen atoms in total. The van der Waals surface area contributed by atoms with Gasteiger partial charge in [0, 0.05) is 5.70 Å². The van der Waals surface area contributed by atoms with Gasteiger partial charge in [-0.2, -0.15) is 0 Å². The summed E-state index contributed by atoms with van der Waals surface area (Å²) in [6.45, 7) is 4.47. The van der Waals surface area contributed by atoms with Gasteiger partial charge < -0.3 is 24.8 Å². The van der Waals surface area contributed by atoms with Gasteiger partial charge in [-0.25, -0.2) is 9.59 Å². The lowest BCUT2D eigenvalue weighted by atomic mass is 9.95. The molecule has 2 N–H and O–H groups in total. The second-order valence-corrected chi connectivity index (χ2v) is 6.91. The molecule has 30 heavy (non-hydrogen) atoms. The third-order valence-electron chi connectivity index (χ3n) is 4.70. The average molecular weight is 410 g/mol. The molecule has 0 spiro atoms. The van der Waals surface area contributed by atoms with Crippen molar-refractivity contribution in [2.75, 3.05) is 13.7 Å². The number of allylic oxidation sites excluding steroid dienone is 1. The number of amides is 2. The van der Waals surface area contributed by atoms with Crippen LogP contribution in [0.25, 0.3) is 0 Å². The van der Waals surface area contributed by atoms with Crippen LogP contribution >= 0.6 is 0 Å². The molecule has 0 aliphatic carbocycles. The number of rotatable bonds is 8.